The van der Waals surface area contributed by atoms with Crippen molar-refractivity contribution < 1.29 is 0 Å². The SMILES string of the molecule is CCc1cc(=O)n2nc(NC3CCN(Cc4ccc(Cl)c(Cl)c4)CC3)sc2n1. The summed E-state index contributed by atoms with van der Waals surface area (Å²) in [7, 11) is 0. The van der Waals surface area contributed by atoms with Crippen molar-refractivity contribution in [1.82, 2.24) is 19.5 Å². The minimum absolute atomic E-state index is 0.123. The first kappa shape index (κ1) is 19.6. The second-order valence-corrected chi connectivity index (χ2v) is 8.75. The van der Waals surface area contributed by atoms with E-state index in [9.17, 15) is 4.79 Å². The molecule has 3 heterocycles. The lowest BCUT2D eigenvalue weighted by atomic mass is 10.0. The number of nitrogens with one attached hydrogen (secondary N) is 1. The molecule has 0 spiro atoms. The Labute approximate surface area is 177 Å². The van der Waals surface area contributed by atoms with Crippen molar-refractivity contribution in [3.05, 3.63) is 55.9 Å². The molecule has 4 rings (SSSR count). The summed E-state index contributed by atoms with van der Waals surface area (Å²) in [6.07, 6.45) is 2.77. The Bertz CT molecular complexity index is 1040. The van der Waals surface area contributed by atoms with Gasteiger partial charge in [0.2, 0.25) is 10.1 Å². The summed E-state index contributed by atoms with van der Waals surface area (Å²) in [5, 5.41) is 9.81. The Morgan fingerprint density at radius 3 is 2.71 bits per heavy atom. The van der Waals surface area contributed by atoms with E-state index in [1.165, 1.54) is 21.4 Å². The van der Waals surface area contributed by atoms with Crippen LogP contribution in [0.15, 0.2) is 29.1 Å². The number of halogens is 2. The van der Waals surface area contributed by atoms with Gasteiger partial charge in [0.1, 0.15) is 0 Å². The molecular formula is C19H21Cl2N5OS. The highest BCUT2D eigenvalue weighted by Gasteiger charge is 2.21. The summed E-state index contributed by atoms with van der Waals surface area (Å²) in [5.74, 6) is 0. The normalized spacial score (nSPS) is 16.0. The van der Waals surface area contributed by atoms with Crippen LogP contribution >= 0.6 is 34.5 Å². The minimum atomic E-state index is -0.123. The zero-order valence-corrected chi connectivity index (χ0v) is 17.8. The average Bonchev–Trinajstić information content (AvgIpc) is 3.09. The molecular weight excluding hydrogens is 417 g/mol. The molecule has 0 bridgehead atoms. The van der Waals surface area contributed by atoms with Crippen LogP contribution in [0.3, 0.4) is 0 Å². The topological polar surface area (TPSA) is 62.5 Å². The van der Waals surface area contributed by atoms with Crippen LogP contribution in [0.5, 0.6) is 0 Å². The molecule has 0 unspecified atom stereocenters. The molecule has 1 aliphatic rings. The zero-order chi connectivity index (χ0) is 19.7. The Hall–Kier alpha value is -1.67. The Kier molecular flexibility index (Phi) is 5.87. The van der Waals surface area contributed by atoms with Crippen LogP contribution < -0.4 is 10.9 Å². The largest absolute Gasteiger partial charge is 0.357 e. The van der Waals surface area contributed by atoms with E-state index < -0.39 is 0 Å². The van der Waals surface area contributed by atoms with Gasteiger partial charge in [-0.3, -0.25) is 9.69 Å². The van der Waals surface area contributed by atoms with Gasteiger partial charge in [-0.2, -0.15) is 4.52 Å². The molecule has 2 aromatic heterocycles. The first-order chi connectivity index (χ1) is 13.5. The number of fused-ring (bicyclic) bond motifs is 1. The molecule has 1 fully saturated rings. The number of aromatic nitrogens is 3. The molecule has 0 amide bonds. The molecule has 6 nitrogen and oxygen atoms in total. The highest BCUT2D eigenvalue weighted by atomic mass is 35.5. The van der Waals surface area contributed by atoms with Crippen molar-refractivity contribution in [3.63, 3.8) is 0 Å². The van der Waals surface area contributed by atoms with Gasteiger partial charge in [0, 0.05) is 37.4 Å². The van der Waals surface area contributed by atoms with E-state index in [4.69, 9.17) is 23.2 Å². The first-order valence-electron chi connectivity index (χ1n) is 9.34. The predicted molar refractivity (Wildman–Crippen MR) is 115 cm³/mol. The van der Waals surface area contributed by atoms with Crippen molar-refractivity contribution in [1.29, 1.82) is 0 Å². The first-order valence-corrected chi connectivity index (χ1v) is 10.9. The number of rotatable bonds is 5. The van der Waals surface area contributed by atoms with Gasteiger partial charge in [-0.15, -0.1) is 5.10 Å². The highest BCUT2D eigenvalue weighted by Crippen LogP contribution is 2.25. The summed E-state index contributed by atoms with van der Waals surface area (Å²) < 4.78 is 1.38. The molecule has 28 heavy (non-hydrogen) atoms. The number of anilines is 1. The molecule has 0 atom stereocenters. The predicted octanol–water partition coefficient (Wildman–Crippen LogP) is 4.10. The van der Waals surface area contributed by atoms with Crippen LogP contribution in [0.25, 0.3) is 4.96 Å². The van der Waals surface area contributed by atoms with E-state index in [2.05, 4.69) is 20.3 Å². The quantitative estimate of drug-likeness (QED) is 0.650. The summed E-state index contributed by atoms with van der Waals surface area (Å²) in [6, 6.07) is 7.70. The fourth-order valence-electron chi connectivity index (χ4n) is 3.40. The number of hydrogen-bond donors (Lipinski definition) is 1. The van der Waals surface area contributed by atoms with Crippen molar-refractivity contribution >= 4 is 44.6 Å². The van der Waals surface area contributed by atoms with E-state index in [1.807, 2.05) is 25.1 Å². The third-order valence-corrected chi connectivity index (χ3v) is 6.54. The zero-order valence-electron chi connectivity index (χ0n) is 15.5. The van der Waals surface area contributed by atoms with Crippen LogP contribution in [0.1, 0.15) is 31.0 Å². The summed E-state index contributed by atoms with van der Waals surface area (Å²) in [4.78, 5) is 19.7. The number of benzene rings is 1. The van der Waals surface area contributed by atoms with E-state index in [0.717, 1.165) is 49.7 Å². The molecule has 0 aliphatic carbocycles. The second-order valence-electron chi connectivity index (χ2n) is 6.98. The van der Waals surface area contributed by atoms with Crippen LogP contribution in [-0.4, -0.2) is 38.6 Å². The van der Waals surface area contributed by atoms with E-state index >= 15 is 0 Å². The van der Waals surface area contributed by atoms with Crippen LogP contribution in [0.2, 0.25) is 10.0 Å². The molecule has 1 N–H and O–H groups in total. The molecule has 9 heteroatoms. The molecule has 3 aromatic rings. The fraction of sp³-hybridized carbons (Fsp3) is 0.421. The van der Waals surface area contributed by atoms with Gasteiger partial charge in [-0.25, -0.2) is 4.98 Å². The molecule has 0 saturated carbocycles. The number of nitrogens with zero attached hydrogens (tertiary/aromatic N) is 4. The molecule has 1 saturated heterocycles. The third kappa shape index (κ3) is 4.33. The second kappa shape index (κ2) is 8.37. The highest BCUT2D eigenvalue weighted by molar-refractivity contribution is 7.20. The number of aryl methyl sites for hydroxylation is 1. The van der Waals surface area contributed by atoms with Gasteiger partial charge in [0.25, 0.3) is 5.56 Å². The minimum Gasteiger partial charge on any atom is -0.357 e. The maximum absolute atomic E-state index is 12.1. The van der Waals surface area contributed by atoms with Crippen LogP contribution in [-0.2, 0) is 13.0 Å². The lowest BCUT2D eigenvalue weighted by Gasteiger charge is -2.32. The van der Waals surface area contributed by atoms with Crippen molar-refractivity contribution in [2.24, 2.45) is 0 Å². The van der Waals surface area contributed by atoms with E-state index in [0.29, 0.717) is 21.0 Å². The summed E-state index contributed by atoms with van der Waals surface area (Å²) >= 11 is 13.5. The lowest BCUT2D eigenvalue weighted by Crippen LogP contribution is -2.38. The maximum atomic E-state index is 12.1. The standard InChI is InChI=1S/C19H21Cl2N5OS/c1-2-13-10-17(27)26-19(23-13)28-18(24-26)22-14-5-7-25(8-6-14)11-12-3-4-15(20)16(21)9-12/h3-4,9-10,14H,2,5-8,11H2,1H3,(H,22,24). The van der Waals surface area contributed by atoms with Gasteiger partial charge >= 0.3 is 0 Å². The fourth-order valence-corrected chi connectivity index (χ4v) is 4.62. The molecule has 148 valence electrons. The monoisotopic (exact) mass is 437 g/mol. The molecule has 0 radical (unpaired) electrons. The van der Waals surface area contributed by atoms with Crippen LogP contribution in [0, 0.1) is 0 Å². The lowest BCUT2D eigenvalue weighted by molar-refractivity contribution is 0.211. The number of hydrogen-bond acceptors (Lipinski definition) is 6. The van der Waals surface area contributed by atoms with Crippen molar-refractivity contribution in [2.45, 2.75) is 38.8 Å². The van der Waals surface area contributed by atoms with Gasteiger partial charge in [0.05, 0.1) is 10.0 Å². The molecule has 1 aromatic carbocycles. The Morgan fingerprint density at radius 1 is 1.21 bits per heavy atom. The Morgan fingerprint density at radius 2 is 2.00 bits per heavy atom. The molecule has 1 aliphatic heterocycles. The van der Waals surface area contributed by atoms with E-state index in [-0.39, 0.29) is 5.56 Å². The van der Waals surface area contributed by atoms with Gasteiger partial charge in [0.15, 0.2) is 0 Å². The van der Waals surface area contributed by atoms with Gasteiger partial charge < -0.3 is 5.32 Å². The maximum Gasteiger partial charge on any atom is 0.275 e. The summed E-state index contributed by atoms with van der Waals surface area (Å²) in [5.41, 5.74) is 1.85. The van der Waals surface area contributed by atoms with Gasteiger partial charge in [-0.1, -0.05) is 47.5 Å². The van der Waals surface area contributed by atoms with Gasteiger partial charge in [-0.05, 0) is 37.0 Å². The number of likely N-dealkylation sites (tertiary alicyclic amines) is 1. The Balaban J connectivity index is 1.36. The smallest absolute Gasteiger partial charge is 0.275 e. The van der Waals surface area contributed by atoms with Crippen molar-refractivity contribution in [2.75, 3.05) is 18.4 Å². The summed E-state index contributed by atoms with van der Waals surface area (Å²) in [6.45, 7) is 4.83. The van der Waals surface area contributed by atoms with Crippen molar-refractivity contribution in [3.8, 4) is 0 Å². The third-order valence-electron chi connectivity index (χ3n) is 4.97. The average molecular weight is 438 g/mol. The van der Waals surface area contributed by atoms with Crippen LogP contribution in [0.4, 0.5) is 5.13 Å². The van der Waals surface area contributed by atoms with E-state index in [1.54, 1.807) is 6.07 Å². The number of piperidine rings is 1.